The molecule has 1 amide bonds. The highest BCUT2D eigenvalue weighted by molar-refractivity contribution is 6.31. The van der Waals surface area contributed by atoms with Gasteiger partial charge in [-0.1, -0.05) is 29.8 Å². The molecule has 1 atom stereocenters. The van der Waals surface area contributed by atoms with Crippen LogP contribution < -0.4 is 10.6 Å². The molecule has 0 saturated carbocycles. The Bertz CT molecular complexity index is 1640. The molecule has 2 aliphatic heterocycles. The first kappa shape index (κ1) is 26.1. The van der Waals surface area contributed by atoms with E-state index < -0.39 is 11.6 Å². The highest BCUT2D eigenvalue weighted by Crippen LogP contribution is 2.36. The van der Waals surface area contributed by atoms with Crippen LogP contribution in [-0.4, -0.2) is 47.7 Å². The van der Waals surface area contributed by atoms with Gasteiger partial charge in [-0.2, -0.15) is 0 Å². The zero-order chi connectivity index (χ0) is 27.8. The summed E-state index contributed by atoms with van der Waals surface area (Å²) in [7, 11) is 1.91. The highest BCUT2D eigenvalue weighted by atomic mass is 35.5. The number of carbonyl (C=O) groups is 1. The molecule has 1 unspecified atom stereocenters. The van der Waals surface area contributed by atoms with Gasteiger partial charge in [0.2, 0.25) is 0 Å². The maximum Gasteiger partial charge on any atom is 0.253 e. The molecule has 202 valence electrons. The number of nitrogens with one attached hydrogen (secondary N) is 2. The van der Waals surface area contributed by atoms with Gasteiger partial charge in [0.05, 0.1) is 17.8 Å². The van der Waals surface area contributed by atoms with Crippen LogP contribution in [0.2, 0.25) is 5.02 Å². The van der Waals surface area contributed by atoms with Crippen LogP contribution in [0, 0.1) is 11.6 Å². The third-order valence-corrected chi connectivity index (χ3v) is 7.62. The molecule has 9 heteroatoms. The SMILES string of the molecule is CNC1CCN(C(=O)c2cccc(Nc3cc4c(cn3)CN=C(c3c(F)cccc3F)c3cc(Cl)ccc3-4)c2)C1. The van der Waals surface area contributed by atoms with Crippen LogP contribution in [0.1, 0.15) is 33.5 Å². The molecule has 0 radical (unpaired) electrons. The number of hydrogen-bond donors (Lipinski definition) is 2. The molecule has 0 bridgehead atoms. The van der Waals surface area contributed by atoms with Crippen LogP contribution >= 0.6 is 11.6 Å². The topological polar surface area (TPSA) is 69.6 Å². The van der Waals surface area contributed by atoms with E-state index in [9.17, 15) is 13.6 Å². The number of amides is 1. The van der Waals surface area contributed by atoms with Crippen molar-refractivity contribution >= 4 is 34.7 Å². The number of likely N-dealkylation sites (tertiary alicyclic amines) is 1. The average Bonchev–Trinajstić information content (AvgIpc) is 3.39. The average molecular weight is 558 g/mol. The molecule has 2 aliphatic rings. The number of halogens is 3. The van der Waals surface area contributed by atoms with Crippen LogP contribution in [0.25, 0.3) is 11.1 Å². The Labute approximate surface area is 235 Å². The molecule has 2 N–H and O–H groups in total. The van der Waals surface area contributed by atoms with Crippen molar-refractivity contribution in [3.8, 4) is 11.1 Å². The van der Waals surface area contributed by atoms with Crippen molar-refractivity contribution in [2.24, 2.45) is 4.99 Å². The molecule has 4 aromatic rings. The maximum atomic E-state index is 14.8. The summed E-state index contributed by atoms with van der Waals surface area (Å²) in [5.74, 6) is -0.838. The smallest absolute Gasteiger partial charge is 0.253 e. The lowest BCUT2D eigenvalue weighted by Gasteiger charge is -2.17. The van der Waals surface area contributed by atoms with Gasteiger partial charge in [-0.25, -0.2) is 13.8 Å². The fraction of sp³-hybridized carbons (Fsp3) is 0.194. The van der Waals surface area contributed by atoms with Crippen LogP contribution in [0.15, 0.2) is 77.9 Å². The van der Waals surface area contributed by atoms with E-state index in [1.54, 1.807) is 18.3 Å². The minimum Gasteiger partial charge on any atom is -0.340 e. The molecule has 0 spiro atoms. The van der Waals surface area contributed by atoms with Crippen molar-refractivity contribution in [1.82, 2.24) is 15.2 Å². The number of benzene rings is 3. The first-order valence-electron chi connectivity index (χ1n) is 13.0. The summed E-state index contributed by atoms with van der Waals surface area (Å²) in [4.78, 5) is 24.1. The van der Waals surface area contributed by atoms with Crippen LogP contribution in [0.5, 0.6) is 0 Å². The summed E-state index contributed by atoms with van der Waals surface area (Å²) < 4.78 is 29.6. The van der Waals surface area contributed by atoms with Crippen LogP contribution in [0.4, 0.5) is 20.3 Å². The highest BCUT2D eigenvalue weighted by Gasteiger charge is 2.27. The summed E-state index contributed by atoms with van der Waals surface area (Å²) in [6, 6.07) is 18.5. The van der Waals surface area contributed by atoms with Gasteiger partial charge in [-0.3, -0.25) is 9.79 Å². The van der Waals surface area contributed by atoms with E-state index in [1.165, 1.54) is 18.2 Å². The normalized spacial score (nSPS) is 16.1. The summed E-state index contributed by atoms with van der Waals surface area (Å²) in [6.45, 7) is 1.59. The zero-order valence-electron chi connectivity index (χ0n) is 21.7. The molecule has 6 nitrogen and oxygen atoms in total. The minimum atomic E-state index is -0.694. The number of hydrogen-bond acceptors (Lipinski definition) is 5. The second kappa shape index (κ2) is 10.8. The molecule has 3 aromatic carbocycles. The molecule has 6 rings (SSSR count). The van der Waals surface area contributed by atoms with Gasteiger partial charge in [0.25, 0.3) is 5.91 Å². The maximum absolute atomic E-state index is 14.8. The Morgan fingerprint density at radius 2 is 1.80 bits per heavy atom. The van der Waals surface area contributed by atoms with Crippen molar-refractivity contribution < 1.29 is 13.6 Å². The summed E-state index contributed by atoms with van der Waals surface area (Å²) >= 11 is 6.33. The van der Waals surface area contributed by atoms with Gasteiger partial charge in [-0.15, -0.1) is 0 Å². The predicted octanol–water partition coefficient (Wildman–Crippen LogP) is 6.21. The number of rotatable bonds is 5. The Hall–Kier alpha value is -4.14. The second-order valence-corrected chi connectivity index (χ2v) is 10.3. The lowest BCUT2D eigenvalue weighted by molar-refractivity contribution is 0.0789. The molecule has 40 heavy (non-hydrogen) atoms. The molecule has 0 aliphatic carbocycles. The van der Waals surface area contributed by atoms with Crippen molar-refractivity contribution in [3.05, 3.63) is 112 Å². The second-order valence-electron chi connectivity index (χ2n) is 9.91. The van der Waals surface area contributed by atoms with E-state index >= 15 is 0 Å². The molecule has 1 saturated heterocycles. The standard InChI is InChI=1S/C31H26ClF2N5O/c1-35-22-10-11-39(17-22)31(40)18-4-2-5-21(12-18)38-28-14-24-19(15-36-28)16-37-30(25-13-20(32)8-9-23(24)25)29-26(33)6-3-7-27(29)34/h2-9,12-15,22,35H,10-11,16-17H2,1H3,(H,36,38). The zero-order valence-corrected chi connectivity index (χ0v) is 22.5. The summed E-state index contributed by atoms with van der Waals surface area (Å²) in [6.07, 6.45) is 2.64. The van der Waals surface area contributed by atoms with Crippen molar-refractivity contribution in [3.63, 3.8) is 0 Å². The third kappa shape index (κ3) is 4.96. The van der Waals surface area contributed by atoms with Crippen molar-refractivity contribution in [2.45, 2.75) is 19.0 Å². The number of likely N-dealkylation sites (N-methyl/N-ethyl adjacent to an activating group) is 1. The summed E-state index contributed by atoms with van der Waals surface area (Å²) in [5.41, 5.74) is 4.23. The number of anilines is 2. The number of pyridine rings is 1. The van der Waals surface area contributed by atoms with Gasteiger partial charge >= 0.3 is 0 Å². The number of carbonyl (C=O) groups excluding carboxylic acids is 1. The lowest BCUT2D eigenvalue weighted by Crippen LogP contribution is -2.33. The Balaban J connectivity index is 1.33. The van der Waals surface area contributed by atoms with E-state index in [1.807, 2.05) is 48.3 Å². The van der Waals surface area contributed by atoms with E-state index in [0.717, 1.165) is 35.3 Å². The fourth-order valence-electron chi connectivity index (χ4n) is 5.30. The fourth-order valence-corrected chi connectivity index (χ4v) is 5.48. The molecular weight excluding hydrogens is 532 g/mol. The first-order valence-corrected chi connectivity index (χ1v) is 13.4. The number of nitrogens with zero attached hydrogens (tertiary/aromatic N) is 3. The van der Waals surface area contributed by atoms with Gasteiger partial charge < -0.3 is 15.5 Å². The van der Waals surface area contributed by atoms with Gasteiger partial charge in [0.15, 0.2) is 0 Å². The Morgan fingerprint density at radius 1 is 1.00 bits per heavy atom. The molecule has 1 aromatic heterocycles. The predicted molar refractivity (Wildman–Crippen MR) is 153 cm³/mol. The number of fused-ring (bicyclic) bond motifs is 3. The van der Waals surface area contributed by atoms with E-state index in [2.05, 4.69) is 20.6 Å². The van der Waals surface area contributed by atoms with Crippen molar-refractivity contribution in [1.29, 1.82) is 0 Å². The number of aromatic nitrogens is 1. The Morgan fingerprint density at radius 3 is 2.58 bits per heavy atom. The monoisotopic (exact) mass is 557 g/mol. The largest absolute Gasteiger partial charge is 0.340 e. The van der Waals surface area contributed by atoms with Crippen molar-refractivity contribution in [2.75, 3.05) is 25.5 Å². The van der Waals surface area contributed by atoms with E-state index in [4.69, 9.17) is 11.6 Å². The summed E-state index contributed by atoms with van der Waals surface area (Å²) in [5, 5.41) is 6.97. The first-order chi connectivity index (χ1) is 19.4. The molecular formula is C31H26ClF2N5O. The van der Waals surface area contributed by atoms with Gasteiger partial charge in [0.1, 0.15) is 17.5 Å². The quantitative estimate of drug-likeness (QED) is 0.306. The van der Waals surface area contributed by atoms with E-state index in [0.29, 0.717) is 34.6 Å². The third-order valence-electron chi connectivity index (χ3n) is 7.39. The minimum absolute atomic E-state index is 0.00727. The number of aliphatic imine (C=N–C) groups is 1. The van der Waals surface area contributed by atoms with Crippen LogP contribution in [0.3, 0.4) is 0 Å². The lowest BCUT2D eigenvalue weighted by atomic mass is 9.92. The van der Waals surface area contributed by atoms with Gasteiger partial charge in [0, 0.05) is 47.2 Å². The Kier molecular flexibility index (Phi) is 7.04. The van der Waals surface area contributed by atoms with Crippen LogP contribution in [-0.2, 0) is 6.54 Å². The molecule has 1 fully saturated rings. The molecule has 3 heterocycles. The van der Waals surface area contributed by atoms with Gasteiger partial charge in [-0.05, 0) is 78.7 Å². The van der Waals surface area contributed by atoms with E-state index in [-0.39, 0.29) is 23.7 Å².